The number of phenolic OH excluding ortho intramolecular Hbond substituents is 1. The molecule has 4 N–H and O–H groups in total. The quantitative estimate of drug-likeness (QED) is 0.763. The summed E-state index contributed by atoms with van der Waals surface area (Å²) >= 11 is 0. The Morgan fingerprint density at radius 3 is 2.41 bits per heavy atom. The Bertz CT molecular complexity index is 837. The number of amides is 1. The second-order valence-corrected chi connectivity index (χ2v) is 6.43. The molecule has 0 aromatic heterocycles. The number of fused-ring (bicyclic) bond motifs is 1. The van der Waals surface area contributed by atoms with E-state index in [1.165, 1.54) is 36.4 Å². The molecule has 1 amide bonds. The Kier molecular flexibility index (Phi) is 5.12. The van der Waals surface area contributed by atoms with Gasteiger partial charge < -0.3 is 20.8 Å². The first-order chi connectivity index (χ1) is 12.7. The normalized spacial score (nSPS) is 20.3. The number of benzene rings is 2. The van der Waals surface area contributed by atoms with Crippen LogP contribution in [0.4, 0.5) is 18.9 Å². The summed E-state index contributed by atoms with van der Waals surface area (Å²) in [6.45, 7) is 0.0323. The minimum absolute atomic E-state index is 0.00744. The van der Waals surface area contributed by atoms with Gasteiger partial charge in [0.05, 0.1) is 5.56 Å². The molecule has 1 aliphatic rings. The molecule has 144 valence electrons. The summed E-state index contributed by atoms with van der Waals surface area (Å²) in [5.41, 5.74) is 5.22. The number of aliphatic hydroxyl groups is 1. The maximum atomic E-state index is 13.6. The molecule has 2 atom stereocenters. The summed E-state index contributed by atoms with van der Waals surface area (Å²) < 4.78 is 40.7. The molecule has 27 heavy (non-hydrogen) atoms. The zero-order valence-corrected chi connectivity index (χ0v) is 14.3. The molecule has 5 nitrogen and oxygen atoms in total. The lowest BCUT2D eigenvalue weighted by Crippen LogP contribution is -2.43. The van der Waals surface area contributed by atoms with Gasteiger partial charge >= 0.3 is 6.18 Å². The summed E-state index contributed by atoms with van der Waals surface area (Å²) in [7, 11) is 0. The van der Waals surface area contributed by atoms with Crippen LogP contribution in [0.1, 0.15) is 22.6 Å². The SMILES string of the molecule is NCCN1C(=O)[C@H](O)[C@H](c2ccc(O)cc2)Cc2c1cccc2C(F)(F)F. The van der Waals surface area contributed by atoms with Gasteiger partial charge in [-0.05, 0) is 41.8 Å². The Hall–Kier alpha value is -2.58. The molecule has 0 bridgehead atoms. The van der Waals surface area contributed by atoms with Crippen LogP contribution in [0.3, 0.4) is 0 Å². The van der Waals surface area contributed by atoms with Crippen LogP contribution in [0, 0.1) is 0 Å². The number of hydrogen-bond acceptors (Lipinski definition) is 4. The summed E-state index contributed by atoms with van der Waals surface area (Å²) in [5, 5.41) is 20.1. The summed E-state index contributed by atoms with van der Waals surface area (Å²) in [5.74, 6) is -1.60. The van der Waals surface area contributed by atoms with E-state index in [1.54, 1.807) is 0 Å². The minimum atomic E-state index is -4.60. The van der Waals surface area contributed by atoms with Gasteiger partial charge in [-0.25, -0.2) is 0 Å². The number of alkyl halides is 3. The Labute approximate surface area is 153 Å². The standard InChI is InChI=1S/C19H19F3N2O3/c20-19(21,22)15-2-1-3-16-14(15)10-13(11-4-6-12(25)7-5-11)17(26)18(27)24(16)9-8-23/h1-7,13,17,25-26H,8-10,23H2/t13-,17+/m0/s1. The Balaban J connectivity index is 2.18. The van der Waals surface area contributed by atoms with Crippen molar-refractivity contribution >= 4 is 11.6 Å². The van der Waals surface area contributed by atoms with E-state index in [4.69, 9.17) is 5.73 Å². The van der Waals surface area contributed by atoms with Crippen molar-refractivity contribution in [3.8, 4) is 5.75 Å². The average molecular weight is 380 g/mol. The molecule has 8 heteroatoms. The van der Waals surface area contributed by atoms with Crippen LogP contribution < -0.4 is 10.6 Å². The van der Waals surface area contributed by atoms with E-state index < -0.39 is 29.7 Å². The molecule has 0 saturated carbocycles. The van der Waals surface area contributed by atoms with Gasteiger partial charge in [0, 0.05) is 24.7 Å². The van der Waals surface area contributed by atoms with Crippen LogP contribution >= 0.6 is 0 Å². The first-order valence-corrected chi connectivity index (χ1v) is 8.41. The molecule has 0 unspecified atom stereocenters. The smallest absolute Gasteiger partial charge is 0.416 e. The van der Waals surface area contributed by atoms with Crippen LogP contribution in [-0.4, -0.2) is 35.3 Å². The van der Waals surface area contributed by atoms with Crippen molar-refractivity contribution in [1.82, 2.24) is 0 Å². The lowest BCUT2D eigenvalue weighted by Gasteiger charge is -2.25. The fourth-order valence-electron chi connectivity index (χ4n) is 3.47. The van der Waals surface area contributed by atoms with E-state index in [2.05, 4.69) is 0 Å². The van der Waals surface area contributed by atoms with E-state index in [0.29, 0.717) is 5.56 Å². The fraction of sp³-hybridized carbons (Fsp3) is 0.316. The van der Waals surface area contributed by atoms with E-state index in [1.807, 2.05) is 0 Å². The zero-order valence-electron chi connectivity index (χ0n) is 14.3. The zero-order chi connectivity index (χ0) is 19.8. The van der Waals surface area contributed by atoms with Crippen LogP contribution in [0.2, 0.25) is 0 Å². The highest BCUT2D eigenvalue weighted by molar-refractivity contribution is 5.99. The van der Waals surface area contributed by atoms with Crippen molar-refractivity contribution < 1.29 is 28.2 Å². The molecule has 2 aromatic carbocycles. The lowest BCUT2D eigenvalue weighted by atomic mass is 9.86. The van der Waals surface area contributed by atoms with Gasteiger partial charge in [-0.3, -0.25) is 4.79 Å². The monoisotopic (exact) mass is 380 g/mol. The second kappa shape index (κ2) is 7.21. The van der Waals surface area contributed by atoms with Crippen LogP contribution in [0.5, 0.6) is 5.75 Å². The average Bonchev–Trinajstić information content (AvgIpc) is 2.72. The number of hydrogen-bond donors (Lipinski definition) is 3. The Morgan fingerprint density at radius 1 is 1.15 bits per heavy atom. The van der Waals surface area contributed by atoms with E-state index in [0.717, 1.165) is 11.0 Å². The minimum Gasteiger partial charge on any atom is -0.508 e. The third-order valence-corrected chi connectivity index (χ3v) is 4.75. The molecule has 0 spiro atoms. The molecule has 1 heterocycles. The number of nitrogens with zero attached hydrogens (tertiary/aromatic N) is 1. The van der Waals surface area contributed by atoms with Gasteiger partial charge in [-0.2, -0.15) is 13.2 Å². The summed E-state index contributed by atoms with van der Waals surface area (Å²) in [4.78, 5) is 13.9. The van der Waals surface area contributed by atoms with E-state index in [9.17, 15) is 28.2 Å². The maximum Gasteiger partial charge on any atom is 0.416 e. The number of halogens is 3. The van der Waals surface area contributed by atoms with Gasteiger partial charge in [-0.1, -0.05) is 18.2 Å². The van der Waals surface area contributed by atoms with Crippen molar-refractivity contribution in [2.45, 2.75) is 24.6 Å². The van der Waals surface area contributed by atoms with Crippen LogP contribution in [-0.2, 0) is 17.4 Å². The number of nitrogens with two attached hydrogens (primary N) is 1. The molecule has 0 fully saturated rings. The second-order valence-electron chi connectivity index (χ2n) is 6.43. The number of rotatable bonds is 3. The first-order valence-electron chi connectivity index (χ1n) is 8.41. The molecular weight excluding hydrogens is 361 g/mol. The fourth-order valence-corrected chi connectivity index (χ4v) is 3.47. The first kappa shape index (κ1) is 19.2. The lowest BCUT2D eigenvalue weighted by molar-refractivity contribution is -0.138. The van der Waals surface area contributed by atoms with Crippen LogP contribution in [0.25, 0.3) is 0 Å². The highest BCUT2D eigenvalue weighted by Gasteiger charge is 2.41. The van der Waals surface area contributed by atoms with Gasteiger partial charge in [-0.15, -0.1) is 0 Å². The van der Waals surface area contributed by atoms with Crippen LogP contribution in [0.15, 0.2) is 42.5 Å². The highest BCUT2D eigenvalue weighted by atomic mass is 19.4. The van der Waals surface area contributed by atoms with Gasteiger partial charge in [0.25, 0.3) is 5.91 Å². The predicted molar refractivity (Wildman–Crippen MR) is 93.4 cm³/mol. The van der Waals surface area contributed by atoms with E-state index >= 15 is 0 Å². The van der Waals surface area contributed by atoms with E-state index in [-0.39, 0.29) is 36.5 Å². The van der Waals surface area contributed by atoms with Gasteiger partial charge in [0.1, 0.15) is 11.9 Å². The number of anilines is 1. The third-order valence-electron chi connectivity index (χ3n) is 4.75. The van der Waals surface area contributed by atoms with Crippen molar-refractivity contribution in [2.75, 3.05) is 18.0 Å². The number of aliphatic hydroxyl groups excluding tert-OH is 1. The molecule has 0 radical (unpaired) electrons. The largest absolute Gasteiger partial charge is 0.508 e. The third kappa shape index (κ3) is 3.63. The van der Waals surface area contributed by atoms with Crippen molar-refractivity contribution in [1.29, 1.82) is 0 Å². The molecule has 0 aliphatic carbocycles. The molecular formula is C19H19F3N2O3. The summed E-state index contributed by atoms with van der Waals surface area (Å²) in [6, 6.07) is 9.36. The number of phenols is 1. The Morgan fingerprint density at radius 2 is 1.81 bits per heavy atom. The molecule has 0 saturated heterocycles. The predicted octanol–water partition coefficient (Wildman–Crippen LogP) is 2.40. The van der Waals surface area contributed by atoms with Gasteiger partial charge in [0.15, 0.2) is 0 Å². The van der Waals surface area contributed by atoms with Crippen molar-refractivity contribution in [2.24, 2.45) is 5.73 Å². The van der Waals surface area contributed by atoms with Crippen molar-refractivity contribution in [3.63, 3.8) is 0 Å². The van der Waals surface area contributed by atoms with Gasteiger partial charge in [0.2, 0.25) is 0 Å². The number of aromatic hydroxyl groups is 1. The number of carbonyl (C=O) groups is 1. The topological polar surface area (TPSA) is 86.8 Å². The molecule has 2 aromatic rings. The molecule has 3 rings (SSSR count). The number of carbonyl (C=O) groups excluding carboxylic acids is 1. The highest BCUT2D eigenvalue weighted by Crippen LogP contribution is 2.42. The summed E-state index contributed by atoms with van der Waals surface area (Å²) in [6.07, 6.45) is -6.31. The van der Waals surface area contributed by atoms with Crippen molar-refractivity contribution in [3.05, 3.63) is 59.2 Å². The maximum absolute atomic E-state index is 13.6. The molecule has 1 aliphatic heterocycles.